The van der Waals surface area contributed by atoms with Gasteiger partial charge >= 0.3 is 5.97 Å². The quantitative estimate of drug-likeness (QED) is 0.429. The zero-order valence-corrected chi connectivity index (χ0v) is 17.5. The number of rotatable bonds is 7. The van der Waals surface area contributed by atoms with E-state index in [4.69, 9.17) is 4.74 Å². The Hall–Kier alpha value is -2.30. The molecule has 0 saturated carbocycles. The van der Waals surface area contributed by atoms with Crippen LogP contribution in [0.4, 0.5) is 9.39 Å². The third-order valence-corrected chi connectivity index (χ3v) is 6.38. The highest BCUT2D eigenvalue weighted by atomic mass is 32.2. The molecule has 2 heterocycles. The first-order chi connectivity index (χ1) is 13.5. The number of halogens is 1. The Kier molecular flexibility index (Phi) is 6.76. The number of hydrogen-bond donors (Lipinski definition) is 1. The fraction of sp³-hybridized carbons (Fsp3) is 0.222. The molecular weight excluding hydrogens is 421 g/mol. The number of amides is 1. The summed E-state index contributed by atoms with van der Waals surface area (Å²) in [6.07, 6.45) is 0. The fourth-order valence-electron chi connectivity index (χ4n) is 2.32. The minimum atomic E-state index is -0.536. The summed E-state index contributed by atoms with van der Waals surface area (Å²) in [5.41, 5.74) is 1.52. The van der Waals surface area contributed by atoms with Gasteiger partial charge in [-0.15, -0.1) is 21.5 Å². The lowest BCUT2D eigenvalue weighted by Crippen LogP contribution is -2.16. The van der Waals surface area contributed by atoms with Gasteiger partial charge < -0.3 is 10.1 Å². The van der Waals surface area contributed by atoms with Crippen LogP contribution >= 0.6 is 34.4 Å². The van der Waals surface area contributed by atoms with Crippen molar-refractivity contribution in [1.29, 1.82) is 0 Å². The second-order valence-electron chi connectivity index (χ2n) is 5.50. The molecule has 146 valence electrons. The second-order valence-corrected chi connectivity index (χ2v) is 8.79. The Bertz CT molecular complexity index is 986. The molecule has 0 spiro atoms. The van der Waals surface area contributed by atoms with Crippen molar-refractivity contribution in [3.05, 3.63) is 46.0 Å². The van der Waals surface area contributed by atoms with Gasteiger partial charge in [0.25, 0.3) is 0 Å². The van der Waals surface area contributed by atoms with Gasteiger partial charge in [-0.3, -0.25) is 4.79 Å². The second kappa shape index (κ2) is 9.26. The molecule has 0 aliphatic carbocycles. The van der Waals surface area contributed by atoms with Crippen molar-refractivity contribution in [3.8, 4) is 11.1 Å². The first kappa shape index (κ1) is 20.4. The van der Waals surface area contributed by atoms with Gasteiger partial charge in [0.05, 0.1) is 12.4 Å². The molecule has 0 atom stereocenters. The van der Waals surface area contributed by atoms with E-state index < -0.39 is 5.97 Å². The highest BCUT2D eigenvalue weighted by Gasteiger charge is 2.23. The van der Waals surface area contributed by atoms with Crippen LogP contribution < -0.4 is 5.32 Å². The standard InChI is InChI=1S/C18H16FN3O3S3/c1-3-25-17(24)15-13(11-4-6-12(19)7-5-11)8-26-16(15)20-14(23)9-27-18-22-21-10(2)28-18/h4-8H,3,9H2,1-2H3,(H,20,23). The van der Waals surface area contributed by atoms with Crippen LogP contribution in [0.2, 0.25) is 0 Å². The van der Waals surface area contributed by atoms with Gasteiger partial charge in [-0.1, -0.05) is 35.2 Å². The number of nitrogens with zero attached hydrogens (tertiary/aromatic N) is 2. The third-order valence-electron chi connectivity index (χ3n) is 3.51. The van der Waals surface area contributed by atoms with Gasteiger partial charge in [0.2, 0.25) is 5.91 Å². The topological polar surface area (TPSA) is 81.2 Å². The fourth-order valence-corrected chi connectivity index (χ4v) is 4.91. The predicted octanol–water partition coefficient (Wildman–Crippen LogP) is 4.62. The smallest absolute Gasteiger partial charge is 0.341 e. The molecule has 1 amide bonds. The summed E-state index contributed by atoms with van der Waals surface area (Å²) in [4.78, 5) is 24.8. The van der Waals surface area contributed by atoms with Gasteiger partial charge in [-0.05, 0) is 31.5 Å². The molecule has 3 rings (SSSR count). The first-order valence-electron chi connectivity index (χ1n) is 8.25. The van der Waals surface area contributed by atoms with E-state index in [0.29, 0.717) is 20.5 Å². The van der Waals surface area contributed by atoms with Crippen molar-refractivity contribution in [3.63, 3.8) is 0 Å². The van der Waals surface area contributed by atoms with E-state index >= 15 is 0 Å². The van der Waals surface area contributed by atoms with Crippen LogP contribution in [0, 0.1) is 12.7 Å². The van der Waals surface area contributed by atoms with Gasteiger partial charge in [-0.25, -0.2) is 9.18 Å². The third kappa shape index (κ3) is 4.94. The minimum absolute atomic E-state index is 0.140. The number of hydrogen-bond acceptors (Lipinski definition) is 8. The van der Waals surface area contributed by atoms with Crippen LogP contribution in [0.3, 0.4) is 0 Å². The molecule has 3 aromatic rings. The molecule has 0 unspecified atom stereocenters. The zero-order chi connectivity index (χ0) is 20.1. The number of benzene rings is 1. The number of aromatic nitrogens is 2. The summed E-state index contributed by atoms with van der Waals surface area (Å²) in [5.74, 6) is -1.03. The molecule has 0 saturated heterocycles. The number of esters is 1. The van der Waals surface area contributed by atoms with Gasteiger partial charge in [0.15, 0.2) is 4.34 Å². The van der Waals surface area contributed by atoms with E-state index in [2.05, 4.69) is 15.5 Å². The minimum Gasteiger partial charge on any atom is -0.462 e. The molecule has 0 fully saturated rings. The number of thiophene rings is 1. The van der Waals surface area contributed by atoms with E-state index in [-0.39, 0.29) is 29.6 Å². The lowest BCUT2D eigenvalue weighted by molar-refractivity contribution is -0.113. The Morgan fingerprint density at radius 1 is 1.25 bits per heavy atom. The summed E-state index contributed by atoms with van der Waals surface area (Å²) in [7, 11) is 0. The number of ether oxygens (including phenoxy) is 1. The Balaban J connectivity index is 1.80. The highest BCUT2D eigenvalue weighted by Crippen LogP contribution is 2.36. The number of carbonyl (C=O) groups is 2. The highest BCUT2D eigenvalue weighted by molar-refractivity contribution is 8.01. The summed E-state index contributed by atoms with van der Waals surface area (Å²) >= 11 is 3.91. The molecule has 1 aromatic carbocycles. The molecule has 1 N–H and O–H groups in total. The largest absolute Gasteiger partial charge is 0.462 e. The monoisotopic (exact) mass is 437 g/mol. The number of anilines is 1. The van der Waals surface area contributed by atoms with E-state index in [9.17, 15) is 14.0 Å². The van der Waals surface area contributed by atoms with Crippen LogP contribution in [0.25, 0.3) is 11.1 Å². The lowest BCUT2D eigenvalue weighted by Gasteiger charge is -2.08. The van der Waals surface area contributed by atoms with E-state index in [1.54, 1.807) is 24.4 Å². The van der Waals surface area contributed by atoms with Gasteiger partial charge in [-0.2, -0.15) is 0 Å². The van der Waals surface area contributed by atoms with E-state index in [1.807, 2.05) is 6.92 Å². The maximum atomic E-state index is 13.2. The molecule has 28 heavy (non-hydrogen) atoms. The average molecular weight is 438 g/mol. The number of carbonyl (C=O) groups excluding carboxylic acids is 2. The number of nitrogens with one attached hydrogen (secondary N) is 1. The molecule has 10 heteroatoms. The van der Waals surface area contributed by atoms with Crippen molar-refractivity contribution in [2.75, 3.05) is 17.7 Å². The van der Waals surface area contributed by atoms with Crippen molar-refractivity contribution in [1.82, 2.24) is 10.2 Å². The van der Waals surface area contributed by atoms with Crippen LogP contribution in [0.1, 0.15) is 22.3 Å². The summed E-state index contributed by atoms with van der Waals surface area (Å²) in [6.45, 7) is 3.76. The Labute approximate surface area is 173 Å². The van der Waals surface area contributed by atoms with Crippen molar-refractivity contribution < 1.29 is 18.7 Å². The van der Waals surface area contributed by atoms with Crippen molar-refractivity contribution in [2.24, 2.45) is 0 Å². The number of aryl methyl sites for hydroxylation is 1. The molecule has 0 aliphatic heterocycles. The SMILES string of the molecule is CCOC(=O)c1c(-c2ccc(F)cc2)csc1NC(=O)CSc1nnc(C)s1. The van der Waals surface area contributed by atoms with Gasteiger partial charge in [0, 0.05) is 10.9 Å². The Morgan fingerprint density at radius 2 is 2.00 bits per heavy atom. The Morgan fingerprint density at radius 3 is 2.64 bits per heavy atom. The summed E-state index contributed by atoms with van der Waals surface area (Å²) in [5, 5.41) is 13.6. The molecule has 6 nitrogen and oxygen atoms in total. The van der Waals surface area contributed by atoms with Crippen molar-refractivity contribution >= 4 is 51.3 Å². The van der Waals surface area contributed by atoms with E-state index in [0.717, 1.165) is 5.01 Å². The summed E-state index contributed by atoms with van der Waals surface area (Å²) in [6, 6.07) is 5.81. The molecular formula is C18H16FN3O3S3. The molecule has 2 aromatic heterocycles. The van der Waals surface area contributed by atoms with Crippen molar-refractivity contribution in [2.45, 2.75) is 18.2 Å². The average Bonchev–Trinajstić information content (AvgIpc) is 3.27. The van der Waals surface area contributed by atoms with Crippen LogP contribution in [-0.4, -0.2) is 34.4 Å². The van der Waals surface area contributed by atoms with Gasteiger partial charge in [0.1, 0.15) is 21.4 Å². The number of thioether (sulfide) groups is 1. The zero-order valence-electron chi connectivity index (χ0n) is 15.0. The summed E-state index contributed by atoms with van der Waals surface area (Å²) < 4.78 is 19.1. The van der Waals surface area contributed by atoms with Crippen LogP contribution in [0.5, 0.6) is 0 Å². The maximum Gasteiger partial charge on any atom is 0.341 e. The molecule has 0 aliphatic rings. The maximum absolute atomic E-state index is 13.2. The normalized spacial score (nSPS) is 10.7. The van der Waals surface area contributed by atoms with E-state index in [1.165, 1.54) is 46.6 Å². The van der Waals surface area contributed by atoms with Crippen LogP contribution in [0.15, 0.2) is 34.0 Å². The van der Waals surface area contributed by atoms with Crippen LogP contribution in [-0.2, 0) is 9.53 Å². The molecule has 0 bridgehead atoms. The lowest BCUT2D eigenvalue weighted by atomic mass is 10.0. The molecule has 0 radical (unpaired) electrons. The predicted molar refractivity (Wildman–Crippen MR) is 110 cm³/mol. The first-order valence-corrected chi connectivity index (χ1v) is 10.9.